The number of rotatable bonds is 3. The highest BCUT2D eigenvalue weighted by Gasteiger charge is 2.15. The molecule has 0 saturated carbocycles. The van der Waals surface area contributed by atoms with Gasteiger partial charge in [0.1, 0.15) is 17.4 Å². The fourth-order valence-corrected chi connectivity index (χ4v) is 1.61. The number of nitrogens with two attached hydrogens (primary N) is 1. The Labute approximate surface area is 117 Å². The number of ether oxygens (including phenoxy) is 1. The number of nitrogen functional groups attached to an aromatic ring is 1. The Kier molecular flexibility index (Phi) is 3.76. The average molecular weight is 300 g/mol. The number of carboxylic acid groups (broad SMARTS) is 1. The summed E-state index contributed by atoms with van der Waals surface area (Å²) in [5.74, 6) is -3.21. The van der Waals surface area contributed by atoms with Crippen molar-refractivity contribution in [2.75, 3.05) is 5.73 Å². The van der Waals surface area contributed by atoms with E-state index in [9.17, 15) is 13.6 Å². The van der Waals surface area contributed by atoms with E-state index in [0.29, 0.717) is 0 Å². The van der Waals surface area contributed by atoms with E-state index < -0.39 is 23.2 Å². The van der Waals surface area contributed by atoms with Gasteiger partial charge in [0.15, 0.2) is 5.75 Å². The normalized spacial score (nSPS) is 10.3. The van der Waals surface area contributed by atoms with Crippen LogP contribution >= 0.6 is 11.6 Å². The first kappa shape index (κ1) is 14.1. The van der Waals surface area contributed by atoms with Crippen LogP contribution in [0, 0.1) is 11.6 Å². The molecular formula is C13H8ClF2NO3. The van der Waals surface area contributed by atoms with E-state index in [1.165, 1.54) is 12.1 Å². The number of carbonyl (C=O) groups is 1. The van der Waals surface area contributed by atoms with E-state index in [0.717, 1.165) is 18.2 Å². The minimum Gasteiger partial charge on any atom is -0.478 e. The molecule has 0 unspecified atom stereocenters. The zero-order valence-corrected chi connectivity index (χ0v) is 10.6. The van der Waals surface area contributed by atoms with E-state index in [1.54, 1.807) is 0 Å². The molecule has 0 amide bonds. The van der Waals surface area contributed by atoms with E-state index >= 15 is 0 Å². The van der Waals surface area contributed by atoms with Gasteiger partial charge in [0.2, 0.25) is 0 Å². The predicted octanol–water partition coefficient (Wildman–Crippen LogP) is 3.69. The second-order valence-corrected chi connectivity index (χ2v) is 4.26. The van der Waals surface area contributed by atoms with Crippen molar-refractivity contribution in [2.24, 2.45) is 0 Å². The zero-order chi connectivity index (χ0) is 14.9. The quantitative estimate of drug-likeness (QED) is 0.848. The summed E-state index contributed by atoms with van der Waals surface area (Å²) in [5.41, 5.74) is 4.91. The number of hydrogen-bond donors (Lipinski definition) is 2. The van der Waals surface area contributed by atoms with Gasteiger partial charge in [0.25, 0.3) is 0 Å². The summed E-state index contributed by atoms with van der Waals surface area (Å²) in [4.78, 5) is 10.7. The van der Waals surface area contributed by atoms with Crippen molar-refractivity contribution in [2.45, 2.75) is 0 Å². The molecule has 2 rings (SSSR count). The Bertz CT molecular complexity index is 692. The molecule has 0 heterocycles. The molecule has 0 radical (unpaired) electrons. The maximum absolute atomic E-state index is 13.5. The fourth-order valence-electron chi connectivity index (χ4n) is 1.49. The first-order valence-electron chi connectivity index (χ1n) is 5.33. The van der Waals surface area contributed by atoms with Gasteiger partial charge >= 0.3 is 5.97 Å². The van der Waals surface area contributed by atoms with Crippen LogP contribution in [-0.4, -0.2) is 11.1 Å². The van der Waals surface area contributed by atoms with E-state index in [4.69, 9.17) is 27.2 Å². The molecule has 104 valence electrons. The number of carboxylic acids is 1. The molecule has 2 aromatic rings. The topological polar surface area (TPSA) is 72.6 Å². The Hall–Kier alpha value is -2.34. The second-order valence-electron chi connectivity index (χ2n) is 3.85. The van der Waals surface area contributed by atoms with Crippen LogP contribution in [0.4, 0.5) is 14.5 Å². The average Bonchev–Trinajstić information content (AvgIpc) is 2.37. The summed E-state index contributed by atoms with van der Waals surface area (Å²) in [6.45, 7) is 0. The van der Waals surface area contributed by atoms with Crippen molar-refractivity contribution < 1.29 is 23.4 Å². The largest absolute Gasteiger partial charge is 0.478 e. The fraction of sp³-hybridized carbons (Fsp3) is 0. The molecule has 0 aliphatic carbocycles. The first-order valence-corrected chi connectivity index (χ1v) is 5.71. The molecule has 0 aliphatic heterocycles. The summed E-state index contributed by atoms with van der Waals surface area (Å²) < 4.78 is 32.0. The minimum atomic E-state index is -1.45. The van der Waals surface area contributed by atoms with Gasteiger partial charge in [-0.15, -0.1) is 0 Å². The number of aromatic carboxylic acids is 1. The number of halogens is 3. The van der Waals surface area contributed by atoms with E-state index in [-0.39, 0.29) is 22.2 Å². The van der Waals surface area contributed by atoms with Gasteiger partial charge in [-0.1, -0.05) is 11.6 Å². The van der Waals surface area contributed by atoms with Gasteiger partial charge in [-0.05, 0) is 18.2 Å². The molecule has 2 aromatic carbocycles. The van der Waals surface area contributed by atoms with Crippen molar-refractivity contribution >= 4 is 23.3 Å². The third-order valence-corrected chi connectivity index (χ3v) is 2.76. The maximum atomic E-state index is 13.5. The van der Waals surface area contributed by atoms with Gasteiger partial charge in [-0.2, -0.15) is 0 Å². The van der Waals surface area contributed by atoms with Crippen molar-refractivity contribution in [3.63, 3.8) is 0 Å². The standard InChI is InChI=1S/C13H8ClF2NO3/c14-8-2-1-6(3-10(8)16)20-12-5-9(15)7(13(18)19)4-11(12)17/h1-5H,17H2,(H,18,19). The van der Waals surface area contributed by atoms with Crippen LogP contribution in [0.15, 0.2) is 30.3 Å². The molecule has 20 heavy (non-hydrogen) atoms. The smallest absolute Gasteiger partial charge is 0.338 e. The predicted molar refractivity (Wildman–Crippen MR) is 69.3 cm³/mol. The number of benzene rings is 2. The molecule has 3 N–H and O–H groups in total. The first-order chi connectivity index (χ1) is 9.38. The summed E-state index contributed by atoms with van der Waals surface area (Å²) in [6, 6.07) is 5.40. The number of hydrogen-bond acceptors (Lipinski definition) is 3. The summed E-state index contributed by atoms with van der Waals surface area (Å²) >= 11 is 5.52. The van der Waals surface area contributed by atoms with Gasteiger partial charge in [0, 0.05) is 12.1 Å². The molecule has 0 bridgehead atoms. The van der Waals surface area contributed by atoms with Crippen LogP contribution in [0.1, 0.15) is 10.4 Å². The molecule has 0 atom stereocenters. The molecule has 0 aromatic heterocycles. The summed E-state index contributed by atoms with van der Waals surface area (Å²) in [7, 11) is 0. The summed E-state index contributed by atoms with van der Waals surface area (Å²) in [5, 5.41) is 8.65. The molecular weight excluding hydrogens is 292 g/mol. The van der Waals surface area contributed by atoms with Crippen LogP contribution in [0.25, 0.3) is 0 Å². The molecule has 4 nitrogen and oxygen atoms in total. The van der Waals surface area contributed by atoms with Crippen LogP contribution < -0.4 is 10.5 Å². The van der Waals surface area contributed by atoms with Crippen LogP contribution in [0.3, 0.4) is 0 Å². The lowest BCUT2D eigenvalue weighted by Gasteiger charge is -2.10. The van der Waals surface area contributed by atoms with Gasteiger partial charge in [-0.25, -0.2) is 13.6 Å². The van der Waals surface area contributed by atoms with Crippen molar-refractivity contribution in [1.82, 2.24) is 0 Å². The van der Waals surface area contributed by atoms with Gasteiger partial charge in [-0.3, -0.25) is 0 Å². The summed E-state index contributed by atoms with van der Waals surface area (Å²) in [6.07, 6.45) is 0. The van der Waals surface area contributed by atoms with Crippen molar-refractivity contribution in [1.29, 1.82) is 0 Å². The molecule has 0 saturated heterocycles. The van der Waals surface area contributed by atoms with Crippen molar-refractivity contribution in [3.8, 4) is 11.5 Å². The Morgan fingerprint density at radius 3 is 2.50 bits per heavy atom. The lowest BCUT2D eigenvalue weighted by molar-refractivity contribution is 0.0692. The molecule has 0 spiro atoms. The third kappa shape index (κ3) is 2.80. The molecule has 0 fully saturated rings. The monoisotopic (exact) mass is 299 g/mol. The Morgan fingerprint density at radius 2 is 1.90 bits per heavy atom. The Morgan fingerprint density at radius 1 is 1.20 bits per heavy atom. The third-order valence-electron chi connectivity index (χ3n) is 2.45. The maximum Gasteiger partial charge on any atom is 0.338 e. The minimum absolute atomic E-state index is 0.0566. The SMILES string of the molecule is Nc1cc(C(=O)O)c(F)cc1Oc1ccc(Cl)c(F)c1. The number of anilines is 1. The highest BCUT2D eigenvalue weighted by molar-refractivity contribution is 6.30. The lowest BCUT2D eigenvalue weighted by atomic mass is 10.1. The van der Waals surface area contributed by atoms with Crippen molar-refractivity contribution in [3.05, 3.63) is 52.6 Å². The lowest BCUT2D eigenvalue weighted by Crippen LogP contribution is -2.03. The Balaban J connectivity index is 2.36. The van der Waals surface area contributed by atoms with Crippen LogP contribution in [0.5, 0.6) is 11.5 Å². The van der Waals surface area contributed by atoms with E-state index in [2.05, 4.69) is 0 Å². The highest BCUT2D eigenvalue weighted by Crippen LogP contribution is 2.31. The molecule has 7 heteroatoms. The second kappa shape index (κ2) is 5.34. The van der Waals surface area contributed by atoms with E-state index in [1.807, 2.05) is 0 Å². The van der Waals surface area contributed by atoms with Gasteiger partial charge in [0.05, 0.1) is 16.3 Å². The zero-order valence-electron chi connectivity index (χ0n) is 9.86. The van der Waals surface area contributed by atoms with Crippen LogP contribution in [0.2, 0.25) is 5.02 Å². The van der Waals surface area contributed by atoms with Gasteiger partial charge < -0.3 is 15.6 Å². The van der Waals surface area contributed by atoms with Crippen LogP contribution in [-0.2, 0) is 0 Å². The molecule has 0 aliphatic rings. The highest BCUT2D eigenvalue weighted by atomic mass is 35.5.